The summed E-state index contributed by atoms with van der Waals surface area (Å²) in [5.74, 6) is 2.34. The van der Waals surface area contributed by atoms with Crippen LogP contribution in [-0.2, 0) is 17.1 Å². The van der Waals surface area contributed by atoms with E-state index in [-0.39, 0.29) is 5.03 Å². The van der Waals surface area contributed by atoms with Crippen molar-refractivity contribution in [1.29, 1.82) is 0 Å². The second-order valence-corrected chi connectivity index (χ2v) is 8.23. The molecule has 27 heavy (non-hydrogen) atoms. The van der Waals surface area contributed by atoms with Crippen molar-refractivity contribution in [3.8, 4) is 5.82 Å². The molecule has 0 spiro atoms. The third-order valence-corrected chi connectivity index (χ3v) is 6.34. The maximum atomic E-state index is 12.7. The number of imidazole rings is 2. The maximum Gasteiger partial charge on any atom is 0.262 e. The Kier molecular flexibility index (Phi) is 4.40. The molecule has 0 aliphatic carbocycles. The average molecular weight is 388 g/mol. The van der Waals surface area contributed by atoms with Crippen LogP contribution < -0.4 is 4.90 Å². The van der Waals surface area contributed by atoms with Gasteiger partial charge in [0.15, 0.2) is 5.03 Å². The van der Waals surface area contributed by atoms with Gasteiger partial charge in [-0.05, 0) is 6.92 Å². The molecule has 0 amide bonds. The van der Waals surface area contributed by atoms with Gasteiger partial charge in [0.05, 0.1) is 6.33 Å². The molecule has 0 radical (unpaired) electrons. The fourth-order valence-electron chi connectivity index (χ4n) is 3.07. The van der Waals surface area contributed by atoms with E-state index < -0.39 is 10.0 Å². The summed E-state index contributed by atoms with van der Waals surface area (Å²) in [5, 5.41) is 0.0818. The number of hydrogen-bond acceptors (Lipinski definition) is 7. The molecule has 0 saturated carbocycles. The molecule has 1 aliphatic heterocycles. The van der Waals surface area contributed by atoms with Crippen LogP contribution in [0.4, 0.5) is 5.82 Å². The number of piperazine rings is 1. The van der Waals surface area contributed by atoms with Gasteiger partial charge in [0.2, 0.25) is 0 Å². The fraction of sp³-hybridized carbons (Fsp3) is 0.375. The van der Waals surface area contributed by atoms with E-state index in [1.165, 1.54) is 23.2 Å². The predicted octanol–water partition coefficient (Wildman–Crippen LogP) is 0.215. The van der Waals surface area contributed by atoms with Gasteiger partial charge in [-0.1, -0.05) is 0 Å². The van der Waals surface area contributed by atoms with Crippen molar-refractivity contribution in [1.82, 2.24) is 33.4 Å². The van der Waals surface area contributed by atoms with Crippen LogP contribution in [0.15, 0.2) is 42.3 Å². The Morgan fingerprint density at radius 3 is 2.37 bits per heavy atom. The van der Waals surface area contributed by atoms with Crippen molar-refractivity contribution in [3.05, 3.63) is 43.1 Å². The molecule has 4 rings (SSSR count). The normalized spacial score (nSPS) is 16.0. The van der Waals surface area contributed by atoms with E-state index in [2.05, 4.69) is 24.8 Å². The van der Waals surface area contributed by atoms with Crippen LogP contribution in [0.5, 0.6) is 0 Å². The lowest BCUT2D eigenvalue weighted by Crippen LogP contribution is -2.49. The van der Waals surface area contributed by atoms with Crippen molar-refractivity contribution in [2.24, 2.45) is 7.05 Å². The Balaban J connectivity index is 1.49. The summed E-state index contributed by atoms with van der Waals surface area (Å²) in [6.07, 6.45) is 8.09. The van der Waals surface area contributed by atoms with Gasteiger partial charge in [-0.3, -0.25) is 4.57 Å². The number of aromatic nitrogens is 6. The summed E-state index contributed by atoms with van der Waals surface area (Å²) in [6.45, 7) is 3.75. The van der Waals surface area contributed by atoms with Crippen molar-refractivity contribution >= 4 is 15.8 Å². The molecule has 3 aromatic rings. The molecule has 1 saturated heterocycles. The topological polar surface area (TPSA) is 102 Å². The summed E-state index contributed by atoms with van der Waals surface area (Å²) >= 11 is 0. The molecule has 0 bridgehead atoms. The molecule has 1 fully saturated rings. The minimum atomic E-state index is -3.57. The molecule has 3 aromatic heterocycles. The molecule has 0 N–H and O–H groups in total. The Hall–Kier alpha value is -2.79. The zero-order valence-corrected chi connectivity index (χ0v) is 15.9. The Bertz CT molecular complexity index is 1050. The fourth-order valence-corrected chi connectivity index (χ4v) is 4.46. The second-order valence-electron chi connectivity index (χ2n) is 6.35. The van der Waals surface area contributed by atoms with Crippen molar-refractivity contribution in [3.63, 3.8) is 0 Å². The van der Waals surface area contributed by atoms with Gasteiger partial charge in [-0.15, -0.1) is 0 Å². The summed E-state index contributed by atoms with van der Waals surface area (Å²) in [5.41, 5.74) is 0. The van der Waals surface area contributed by atoms with Crippen LogP contribution in [-0.4, -0.2) is 68.0 Å². The Labute approximate surface area is 157 Å². The van der Waals surface area contributed by atoms with Gasteiger partial charge in [0.25, 0.3) is 10.0 Å². The smallest absolute Gasteiger partial charge is 0.262 e. The summed E-state index contributed by atoms with van der Waals surface area (Å²) < 4.78 is 30.3. The van der Waals surface area contributed by atoms with Crippen LogP contribution in [0.2, 0.25) is 0 Å². The maximum absolute atomic E-state index is 12.7. The number of nitrogens with zero attached hydrogens (tertiary/aromatic N) is 8. The van der Waals surface area contributed by atoms with Gasteiger partial charge in [-0.25, -0.2) is 28.4 Å². The zero-order valence-electron chi connectivity index (χ0n) is 15.1. The van der Waals surface area contributed by atoms with E-state index in [9.17, 15) is 8.42 Å². The highest BCUT2D eigenvalue weighted by molar-refractivity contribution is 7.89. The molecule has 4 heterocycles. The molecule has 0 unspecified atom stereocenters. The molecule has 10 nitrogen and oxygen atoms in total. The monoisotopic (exact) mass is 388 g/mol. The predicted molar refractivity (Wildman–Crippen MR) is 98.1 cm³/mol. The number of aryl methyl sites for hydroxylation is 2. The van der Waals surface area contributed by atoms with Crippen molar-refractivity contribution in [2.75, 3.05) is 31.1 Å². The molecule has 1 aliphatic rings. The lowest BCUT2D eigenvalue weighted by Gasteiger charge is -2.34. The highest BCUT2D eigenvalue weighted by Crippen LogP contribution is 2.20. The molecule has 0 aromatic carbocycles. The highest BCUT2D eigenvalue weighted by Gasteiger charge is 2.30. The van der Waals surface area contributed by atoms with Crippen LogP contribution in [0.1, 0.15) is 5.82 Å². The molecule has 142 valence electrons. The van der Waals surface area contributed by atoms with Crippen LogP contribution in [0, 0.1) is 6.92 Å². The first-order valence-corrected chi connectivity index (χ1v) is 9.94. The van der Waals surface area contributed by atoms with Gasteiger partial charge in [0.1, 0.15) is 23.8 Å². The minimum absolute atomic E-state index is 0.0818. The number of hydrogen-bond donors (Lipinski definition) is 0. The van der Waals surface area contributed by atoms with Crippen molar-refractivity contribution < 1.29 is 8.42 Å². The molecular formula is C16H20N8O2S. The van der Waals surface area contributed by atoms with Gasteiger partial charge >= 0.3 is 0 Å². The molecule has 11 heteroatoms. The number of sulfonamides is 1. The minimum Gasteiger partial charge on any atom is -0.354 e. The third-order valence-electron chi connectivity index (χ3n) is 4.56. The van der Waals surface area contributed by atoms with Crippen molar-refractivity contribution in [2.45, 2.75) is 11.9 Å². The lowest BCUT2D eigenvalue weighted by atomic mass is 10.3. The molecule has 0 atom stereocenters. The first-order chi connectivity index (χ1) is 12.9. The van der Waals surface area contributed by atoms with E-state index in [1.807, 2.05) is 23.8 Å². The Morgan fingerprint density at radius 2 is 1.74 bits per heavy atom. The van der Waals surface area contributed by atoms with Crippen LogP contribution in [0.25, 0.3) is 5.82 Å². The standard InChI is InChI=1S/C16H20N8O2S/c1-13-17-3-4-24(13)15-9-14(18-11-19-15)22-5-7-23(8-6-22)27(25,26)16-10-21(2)12-20-16/h3-4,9-12H,5-8H2,1-2H3. The lowest BCUT2D eigenvalue weighted by molar-refractivity contribution is 0.382. The number of anilines is 1. The second kappa shape index (κ2) is 6.74. The average Bonchev–Trinajstić information content (AvgIpc) is 3.30. The van der Waals surface area contributed by atoms with E-state index in [0.29, 0.717) is 26.2 Å². The summed E-state index contributed by atoms with van der Waals surface area (Å²) in [6, 6.07) is 1.89. The summed E-state index contributed by atoms with van der Waals surface area (Å²) in [7, 11) is -1.82. The largest absolute Gasteiger partial charge is 0.354 e. The van der Waals surface area contributed by atoms with E-state index in [1.54, 1.807) is 17.8 Å². The molecular weight excluding hydrogens is 368 g/mol. The van der Waals surface area contributed by atoms with Gasteiger partial charge in [-0.2, -0.15) is 4.31 Å². The van der Waals surface area contributed by atoms with E-state index >= 15 is 0 Å². The SMILES string of the molecule is Cc1nccn1-c1cc(N2CCN(S(=O)(=O)c3cn(C)cn3)CC2)ncn1. The summed E-state index contributed by atoms with van der Waals surface area (Å²) in [4.78, 5) is 18.9. The Morgan fingerprint density at radius 1 is 1.00 bits per heavy atom. The quantitative estimate of drug-likeness (QED) is 0.630. The first kappa shape index (κ1) is 17.6. The third kappa shape index (κ3) is 3.30. The zero-order chi connectivity index (χ0) is 19.0. The van der Waals surface area contributed by atoms with Crippen LogP contribution >= 0.6 is 0 Å². The van der Waals surface area contributed by atoms with E-state index in [4.69, 9.17) is 0 Å². The van der Waals surface area contributed by atoms with E-state index in [0.717, 1.165) is 17.5 Å². The van der Waals surface area contributed by atoms with Gasteiger partial charge in [0, 0.05) is 57.9 Å². The van der Waals surface area contributed by atoms with Gasteiger partial charge < -0.3 is 9.47 Å². The van der Waals surface area contributed by atoms with Crippen LogP contribution in [0.3, 0.4) is 0 Å². The highest BCUT2D eigenvalue weighted by atomic mass is 32.2. The first-order valence-electron chi connectivity index (χ1n) is 8.50. The number of rotatable bonds is 4.